The zero-order chi connectivity index (χ0) is 9.73. The van der Waals surface area contributed by atoms with Gasteiger partial charge in [-0.05, 0) is 0 Å². The van der Waals surface area contributed by atoms with Crippen LogP contribution in [0.5, 0.6) is 0 Å². The first-order valence-electron chi connectivity index (χ1n) is 3.97. The molecule has 0 bridgehead atoms. The van der Waals surface area contributed by atoms with Gasteiger partial charge in [0.2, 0.25) is 10.0 Å². The van der Waals surface area contributed by atoms with E-state index >= 15 is 0 Å². The van der Waals surface area contributed by atoms with Crippen LogP contribution in [0.1, 0.15) is 0 Å². The van der Waals surface area contributed by atoms with Crippen molar-refractivity contribution in [2.24, 2.45) is 0 Å². The highest BCUT2D eigenvalue weighted by molar-refractivity contribution is 7.88. The Kier molecular flexibility index (Phi) is 5.90. The number of pyridine rings is 1. The highest BCUT2D eigenvalue weighted by Crippen LogP contribution is 1.77. The minimum atomic E-state index is -3.06. The average Bonchev–Trinajstić information content (AvgIpc) is 2.04. The van der Waals surface area contributed by atoms with Crippen molar-refractivity contribution in [3.05, 3.63) is 30.6 Å². The van der Waals surface area contributed by atoms with Crippen LogP contribution in [0.15, 0.2) is 30.6 Å². The van der Waals surface area contributed by atoms with Crippen LogP contribution in [-0.4, -0.2) is 21.2 Å². The van der Waals surface area contributed by atoms with Crippen molar-refractivity contribution >= 4 is 10.0 Å². The second-order valence-corrected chi connectivity index (χ2v) is 4.61. The summed E-state index contributed by atoms with van der Waals surface area (Å²) in [7, 11) is -3.06. The Labute approximate surface area is 94.8 Å². The van der Waals surface area contributed by atoms with Crippen molar-refractivity contribution in [3.63, 3.8) is 0 Å². The fraction of sp³-hybridized carbons (Fsp3) is 0.375. The molecule has 0 unspecified atom stereocenters. The van der Waals surface area contributed by atoms with E-state index < -0.39 is 10.0 Å². The van der Waals surface area contributed by atoms with Gasteiger partial charge in [-0.1, -0.05) is 6.07 Å². The highest BCUT2D eigenvalue weighted by atomic mass is 79.9. The normalized spacial score (nSPS) is 10.6. The average molecular weight is 281 g/mol. The number of halogens is 1. The lowest BCUT2D eigenvalue weighted by atomic mass is 10.5. The number of hydrogen-bond donors (Lipinski definition) is 1. The molecule has 80 valence electrons. The van der Waals surface area contributed by atoms with E-state index in [0.29, 0.717) is 13.1 Å². The van der Waals surface area contributed by atoms with Crippen molar-refractivity contribution in [2.75, 3.05) is 12.8 Å². The fourth-order valence-corrected chi connectivity index (χ4v) is 1.41. The molecule has 0 amide bonds. The minimum Gasteiger partial charge on any atom is -1.00 e. The summed E-state index contributed by atoms with van der Waals surface area (Å²) in [4.78, 5) is 0. The summed E-state index contributed by atoms with van der Waals surface area (Å²) >= 11 is 0. The molecule has 0 aliphatic rings. The largest absolute Gasteiger partial charge is 1.00 e. The van der Waals surface area contributed by atoms with Gasteiger partial charge in [-0.2, -0.15) is 0 Å². The van der Waals surface area contributed by atoms with Gasteiger partial charge >= 0.3 is 0 Å². The number of aromatic nitrogens is 1. The molecule has 1 aromatic heterocycles. The summed E-state index contributed by atoms with van der Waals surface area (Å²) in [5.41, 5.74) is 0. The van der Waals surface area contributed by atoms with Gasteiger partial charge in [-0.15, -0.1) is 0 Å². The minimum absolute atomic E-state index is 0. The van der Waals surface area contributed by atoms with Crippen LogP contribution >= 0.6 is 0 Å². The van der Waals surface area contributed by atoms with E-state index in [1.54, 1.807) is 0 Å². The number of rotatable bonds is 4. The molecule has 0 atom stereocenters. The molecule has 0 spiro atoms. The van der Waals surface area contributed by atoms with Crippen LogP contribution in [0, 0.1) is 0 Å². The van der Waals surface area contributed by atoms with E-state index in [9.17, 15) is 8.42 Å². The van der Waals surface area contributed by atoms with E-state index in [1.165, 1.54) is 0 Å². The van der Waals surface area contributed by atoms with Crippen molar-refractivity contribution < 1.29 is 30.0 Å². The van der Waals surface area contributed by atoms with Crippen molar-refractivity contribution in [3.8, 4) is 0 Å². The first kappa shape index (κ1) is 13.5. The van der Waals surface area contributed by atoms with Crippen LogP contribution in [0.4, 0.5) is 0 Å². The Bertz CT molecular complexity index is 353. The van der Waals surface area contributed by atoms with Crippen LogP contribution in [0.25, 0.3) is 0 Å². The maximum atomic E-state index is 10.7. The predicted octanol–water partition coefficient (Wildman–Crippen LogP) is -3.47. The van der Waals surface area contributed by atoms with Crippen LogP contribution in [0.3, 0.4) is 0 Å². The fourth-order valence-electron chi connectivity index (χ4n) is 0.944. The lowest BCUT2D eigenvalue weighted by molar-refractivity contribution is -0.694. The first-order chi connectivity index (χ1) is 6.08. The Morgan fingerprint density at radius 2 is 1.79 bits per heavy atom. The lowest BCUT2D eigenvalue weighted by Crippen LogP contribution is -3.00. The Morgan fingerprint density at radius 1 is 1.21 bits per heavy atom. The van der Waals surface area contributed by atoms with E-state index in [1.807, 2.05) is 35.2 Å². The standard InChI is InChI=1S/C8H13N2O2S.BrH/c1-13(11,12)9-5-8-10-6-3-2-4-7-10;/h2-4,6-7,9H,5,8H2,1H3;1H/q+1;/p-1. The second kappa shape index (κ2) is 6.10. The third-order valence-corrected chi connectivity index (χ3v) is 2.24. The van der Waals surface area contributed by atoms with Gasteiger partial charge in [-0.3, -0.25) is 0 Å². The van der Waals surface area contributed by atoms with Gasteiger partial charge in [0.1, 0.15) is 0 Å². The molecule has 0 aliphatic carbocycles. The quantitative estimate of drug-likeness (QED) is 0.583. The van der Waals surface area contributed by atoms with Gasteiger partial charge in [0.25, 0.3) is 0 Å². The molecule has 0 saturated heterocycles. The van der Waals surface area contributed by atoms with Gasteiger partial charge in [-0.25, -0.2) is 17.7 Å². The Balaban J connectivity index is 0.00000169. The molecule has 6 heteroatoms. The molecule has 1 heterocycles. The third-order valence-electron chi connectivity index (χ3n) is 1.51. The Morgan fingerprint density at radius 3 is 2.29 bits per heavy atom. The highest BCUT2D eigenvalue weighted by Gasteiger charge is 2.02. The summed E-state index contributed by atoms with van der Waals surface area (Å²) < 4.78 is 25.7. The molecule has 1 N–H and O–H groups in total. The first-order valence-corrected chi connectivity index (χ1v) is 5.86. The molecule has 0 fully saturated rings. The summed E-state index contributed by atoms with van der Waals surface area (Å²) in [6, 6.07) is 5.72. The van der Waals surface area contributed by atoms with Crippen LogP contribution in [-0.2, 0) is 16.6 Å². The number of nitrogens with one attached hydrogen (secondary N) is 1. The van der Waals surface area contributed by atoms with Gasteiger partial charge in [0.15, 0.2) is 18.9 Å². The zero-order valence-electron chi connectivity index (χ0n) is 7.85. The molecule has 14 heavy (non-hydrogen) atoms. The van der Waals surface area contributed by atoms with Crippen LogP contribution in [0.2, 0.25) is 0 Å². The second-order valence-electron chi connectivity index (χ2n) is 2.78. The van der Waals surface area contributed by atoms with Crippen molar-refractivity contribution in [1.29, 1.82) is 0 Å². The number of hydrogen-bond acceptors (Lipinski definition) is 2. The molecular formula is C8H13BrN2O2S. The van der Waals surface area contributed by atoms with E-state index in [-0.39, 0.29) is 17.0 Å². The molecular weight excluding hydrogens is 268 g/mol. The molecule has 0 aromatic carbocycles. The zero-order valence-corrected chi connectivity index (χ0v) is 10.3. The molecule has 0 radical (unpaired) electrons. The van der Waals surface area contributed by atoms with Gasteiger partial charge in [0.05, 0.1) is 12.8 Å². The summed E-state index contributed by atoms with van der Waals surface area (Å²) in [6.07, 6.45) is 4.94. The third kappa shape index (κ3) is 6.06. The van der Waals surface area contributed by atoms with E-state index in [2.05, 4.69) is 4.72 Å². The molecule has 0 saturated carbocycles. The topological polar surface area (TPSA) is 50.1 Å². The van der Waals surface area contributed by atoms with Crippen molar-refractivity contribution in [1.82, 2.24) is 4.72 Å². The number of nitrogens with zero attached hydrogens (tertiary/aromatic N) is 1. The van der Waals surface area contributed by atoms with E-state index in [4.69, 9.17) is 0 Å². The molecule has 1 aromatic rings. The maximum absolute atomic E-state index is 10.7. The van der Waals surface area contributed by atoms with Gasteiger partial charge in [0, 0.05) is 12.1 Å². The van der Waals surface area contributed by atoms with Gasteiger partial charge < -0.3 is 17.0 Å². The molecule has 0 aliphatic heterocycles. The van der Waals surface area contributed by atoms with Crippen molar-refractivity contribution in [2.45, 2.75) is 6.54 Å². The maximum Gasteiger partial charge on any atom is 0.208 e. The number of sulfonamides is 1. The summed E-state index contributed by atoms with van der Waals surface area (Å²) in [6.45, 7) is 1.07. The monoisotopic (exact) mass is 280 g/mol. The Hall–Kier alpha value is -0.460. The van der Waals surface area contributed by atoms with E-state index in [0.717, 1.165) is 6.26 Å². The molecule has 1 rings (SSSR count). The molecule has 4 nitrogen and oxygen atoms in total. The summed E-state index contributed by atoms with van der Waals surface area (Å²) in [5, 5.41) is 0. The predicted molar refractivity (Wildman–Crippen MR) is 49.5 cm³/mol. The lowest BCUT2D eigenvalue weighted by Gasteiger charge is -1.98. The smallest absolute Gasteiger partial charge is 0.208 e. The SMILES string of the molecule is CS(=O)(=O)NCC[n+]1ccccc1.[Br-]. The van der Waals surface area contributed by atoms with Crippen LogP contribution < -0.4 is 26.3 Å². The summed E-state index contributed by atoms with van der Waals surface area (Å²) in [5.74, 6) is 0.